The van der Waals surface area contributed by atoms with Crippen LogP contribution in [0.2, 0.25) is 0 Å². The van der Waals surface area contributed by atoms with E-state index in [-0.39, 0.29) is 11.6 Å². The number of methoxy groups -OCH3 is 1. The van der Waals surface area contributed by atoms with E-state index in [0.29, 0.717) is 26.1 Å². The van der Waals surface area contributed by atoms with Crippen LogP contribution in [-0.4, -0.2) is 31.8 Å². The number of hydrogen-bond donors (Lipinski definition) is 2. The van der Waals surface area contributed by atoms with Gasteiger partial charge in [0.15, 0.2) is 0 Å². The number of ether oxygens (including phenoxy) is 1. The summed E-state index contributed by atoms with van der Waals surface area (Å²) in [6.07, 6.45) is -2.87. The van der Waals surface area contributed by atoms with E-state index in [0.717, 1.165) is 18.6 Å². The Balaban J connectivity index is 2.80. The van der Waals surface area contributed by atoms with Gasteiger partial charge in [-0.25, -0.2) is 4.98 Å². The minimum absolute atomic E-state index is 0.217. The van der Waals surface area contributed by atoms with E-state index in [1.807, 2.05) is 6.92 Å². The zero-order valence-electron chi connectivity index (χ0n) is 11.7. The summed E-state index contributed by atoms with van der Waals surface area (Å²) in [6, 6.07) is 2.04. The van der Waals surface area contributed by atoms with Crippen molar-refractivity contribution in [3.05, 3.63) is 17.7 Å². The van der Waals surface area contributed by atoms with E-state index >= 15 is 0 Å². The predicted molar refractivity (Wildman–Crippen MR) is 73.0 cm³/mol. The number of anilines is 2. The highest BCUT2D eigenvalue weighted by atomic mass is 19.4. The second kappa shape index (κ2) is 7.94. The zero-order chi connectivity index (χ0) is 15.0. The van der Waals surface area contributed by atoms with Gasteiger partial charge in [-0.1, -0.05) is 6.92 Å². The molecule has 0 aliphatic carbocycles. The summed E-state index contributed by atoms with van der Waals surface area (Å²) in [7, 11) is 1.58. The fourth-order valence-corrected chi connectivity index (χ4v) is 1.56. The quantitative estimate of drug-likeness (QED) is 0.721. The maximum absolute atomic E-state index is 12.8. The van der Waals surface area contributed by atoms with Crippen LogP contribution in [0.25, 0.3) is 0 Å². The van der Waals surface area contributed by atoms with Gasteiger partial charge in [-0.05, 0) is 25.0 Å². The van der Waals surface area contributed by atoms with Gasteiger partial charge in [0.1, 0.15) is 11.6 Å². The number of nitrogens with one attached hydrogen (secondary N) is 2. The molecule has 114 valence electrons. The van der Waals surface area contributed by atoms with Gasteiger partial charge >= 0.3 is 6.18 Å². The summed E-state index contributed by atoms with van der Waals surface area (Å²) in [5.74, 6) is 0.449. The Bertz CT molecular complexity index is 410. The zero-order valence-corrected chi connectivity index (χ0v) is 11.7. The van der Waals surface area contributed by atoms with E-state index in [1.165, 1.54) is 0 Å². The predicted octanol–water partition coefficient (Wildman–Crippen LogP) is 3.37. The molecular weight excluding hydrogens is 271 g/mol. The van der Waals surface area contributed by atoms with Crippen molar-refractivity contribution >= 4 is 11.6 Å². The highest BCUT2D eigenvalue weighted by molar-refractivity contribution is 5.49. The van der Waals surface area contributed by atoms with Gasteiger partial charge in [0.2, 0.25) is 0 Å². The van der Waals surface area contributed by atoms with E-state index in [9.17, 15) is 13.2 Å². The van der Waals surface area contributed by atoms with E-state index in [1.54, 1.807) is 7.11 Å². The molecular formula is C13H20F3N3O. The molecule has 0 saturated heterocycles. The Morgan fingerprint density at radius 3 is 2.25 bits per heavy atom. The van der Waals surface area contributed by atoms with Crippen LogP contribution in [0.3, 0.4) is 0 Å². The van der Waals surface area contributed by atoms with Crippen molar-refractivity contribution in [2.45, 2.75) is 25.9 Å². The lowest BCUT2D eigenvalue weighted by atomic mass is 10.2. The molecule has 1 aromatic heterocycles. The third kappa shape index (κ3) is 5.64. The molecule has 4 nitrogen and oxygen atoms in total. The fraction of sp³-hybridized carbons (Fsp3) is 0.615. The lowest BCUT2D eigenvalue weighted by Crippen LogP contribution is -2.12. The SMILES string of the molecule is CCCNc1cc(C(F)(F)F)cc(NCCCOC)n1. The molecule has 0 radical (unpaired) electrons. The van der Waals surface area contributed by atoms with Gasteiger partial charge in [0.05, 0.1) is 5.56 Å². The number of rotatable bonds is 8. The summed E-state index contributed by atoms with van der Waals surface area (Å²) in [6.45, 7) is 3.57. The maximum atomic E-state index is 12.8. The highest BCUT2D eigenvalue weighted by Crippen LogP contribution is 2.32. The van der Waals surface area contributed by atoms with Gasteiger partial charge in [-0.3, -0.25) is 0 Å². The molecule has 0 atom stereocenters. The summed E-state index contributed by atoms with van der Waals surface area (Å²) in [4.78, 5) is 4.12. The number of nitrogens with zero attached hydrogens (tertiary/aromatic N) is 1. The van der Waals surface area contributed by atoms with Crippen LogP contribution < -0.4 is 10.6 Å². The molecule has 0 spiro atoms. The standard InChI is InChI=1S/C13H20F3N3O/c1-3-5-17-11-8-10(13(14,15)16)9-12(19-11)18-6-4-7-20-2/h8-9H,3-7H2,1-2H3,(H2,17,18,19). The van der Waals surface area contributed by atoms with Gasteiger partial charge in [0, 0.05) is 26.8 Å². The van der Waals surface area contributed by atoms with Crippen molar-refractivity contribution in [2.24, 2.45) is 0 Å². The van der Waals surface area contributed by atoms with E-state index < -0.39 is 11.7 Å². The summed E-state index contributed by atoms with van der Waals surface area (Å²) in [5.41, 5.74) is -0.708. The third-order valence-electron chi connectivity index (χ3n) is 2.54. The molecule has 1 heterocycles. The Morgan fingerprint density at radius 1 is 1.15 bits per heavy atom. The second-order valence-electron chi connectivity index (χ2n) is 4.32. The molecule has 7 heteroatoms. The topological polar surface area (TPSA) is 46.2 Å². The molecule has 20 heavy (non-hydrogen) atoms. The van der Waals surface area contributed by atoms with Crippen molar-refractivity contribution in [2.75, 3.05) is 37.4 Å². The normalized spacial score (nSPS) is 11.4. The molecule has 1 aromatic rings. The Morgan fingerprint density at radius 2 is 1.75 bits per heavy atom. The van der Waals surface area contributed by atoms with Gasteiger partial charge in [0.25, 0.3) is 0 Å². The molecule has 0 fully saturated rings. The highest BCUT2D eigenvalue weighted by Gasteiger charge is 2.31. The first-order valence-corrected chi connectivity index (χ1v) is 6.53. The average Bonchev–Trinajstić information content (AvgIpc) is 2.40. The third-order valence-corrected chi connectivity index (χ3v) is 2.54. The molecule has 0 saturated carbocycles. The number of hydrogen-bond acceptors (Lipinski definition) is 4. The number of pyridine rings is 1. The van der Waals surface area contributed by atoms with Gasteiger partial charge < -0.3 is 15.4 Å². The first-order chi connectivity index (χ1) is 9.47. The maximum Gasteiger partial charge on any atom is 0.416 e. The molecule has 0 unspecified atom stereocenters. The molecule has 0 amide bonds. The smallest absolute Gasteiger partial charge is 0.385 e. The van der Waals surface area contributed by atoms with Crippen molar-refractivity contribution in [1.82, 2.24) is 4.98 Å². The van der Waals surface area contributed by atoms with E-state index in [2.05, 4.69) is 15.6 Å². The van der Waals surface area contributed by atoms with Crippen molar-refractivity contribution in [1.29, 1.82) is 0 Å². The van der Waals surface area contributed by atoms with Crippen LogP contribution in [-0.2, 0) is 10.9 Å². The first kappa shape index (κ1) is 16.6. The molecule has 0 aliphatic rings. The van der Waals surface area contributed by atoms with Crippen LogP contribution in [0.1, 0.15) is 25.3 Å². The van der Waals surface area contributed by atoms with Crippen LogP contribution in [0.4, 0.5) is 24.8 Å². The Hall–Kier alpha value is -1.50. The molecule has 0 bridgehead atoms. The number of alkyl halides is 3. The lowest BCUT2D eigenvalue weighted by Gasteiger charge is -2.13. The van der Waals surface area contributed by atoms with Crippen molar-refractivity contribution in [3.63, 3.8) is 0 Å². The molecule has 0 aromatic carbocycles. The van der Waals surface area contributed by atoms with Crippen LogP contribution >= 0.6 is 0 Å². The van der Waals surface area contributed by atoms with Gasteiger partial charge in [-0.15, -0.1) is 0 Å². The number of aromatic nitrogens is 1. The summed E-state index contributed by atoms with van der Waals surface area (Å²) in [5, 5.41) is 5.75. The number of halogens is 3. The lowest BCUT2D eigenvalue weighted by molar-refractivity contribution is -0.137. The Labute approximate surface area is 116 Å². The fourth-order valence-electron chi connectivity index (χ4n) is 1.56. The monoisotopic (exact) mass is 291 g/mol. The Kier molecular flexibility index (Phi) is 6.57. The first-order valence-electron chi connectivity index (χ1n) is 6.53. The molecule has 1 rings (SSSR count). The van der Waals surface area contributed by atoms with E-state index in [4.69, 9.17) is 4.74 Å². The minimum Gasteiger partial charge on any atom is -0.385 e. The minimum atomic E-state index is -4.38. The summed E-state index contributed by atoms with van der Waals surface area (Å²) < 4.78 is 43.3. The van der Waals surface area contributed by atoms with Crippen molar-refractivity contribution < 1.29 is 17.9 Å². The molecule has 2 N–H and O–H groups in total. The van der Waals surface area contributed by atoms with Gasteiger partial charge in [-0.2, -0.15) is 13.2 Å². The van der Waals surface area contributed by atoms with Crippen LogP contribution in [0, 0.1) is 0 Å². The van der Waals surface area contributed by atoms with Crippen LogP contribution in [0.5, 0.6) is 0 Å². The van der Waals surface area contributed by atoms with Crippen molar-refractivity contribution in [3.8, 4) is 0 Å². The summed E-state index contributed by atoms with van der Waals surface area (Å²) >= 11 is 0. The molecule has 0 aliphatic heterocycles. The average molecular weight is 291 g/mol. The second-order valence-corrected chi connectivity index (χ2v) is 4.32. The van der Waals surface area contributed by atoms with Crippen LogP contribution in [0.15, 0.2) is 12.1 Å². The largest absolute Gasteiger partial charge is 0.416 e.